The van der Waals surface area contributed by atoms with Crippen LogP contribution >= 0.6 is 12.6 Å². The zero-order valence-electron chi connectivity index (χ0n) is 27.0. The van der Waals surface area contributed by atoms with E-state index in [2.05, 4.69) is 54.0 Å². The summed E-state index contributed by atoms with van der Waals surface area (Å²) in [4.78, 5) is 43.0. The van der Waals surface area contributed by atoms with Crippen LogP contribution in [0, 0.1) is 25.7 Å². The van der Waals surface area contributed by atoms with Gasteiger partial charge < -0.3 is 30.2 Å². The van der Waals surface area contributed by atoms with Gasteiger partial charge in [0.05, 0.1) is 6.61 Å². The molecule has 0 bridgehead atoms. The lowest BCUT2D eigenvalue weighted by Crippen LogP contribution is -2.37. The van der Waals surface area contributed by atoms with Gasteiger partial charge in [-0.15, -0.1) is 0 Å². The molecule has 1 spiro atoms. The Kier molecular flexibility index (Phi) is 9.45. The number of aromatic amines is 2. The third-order valence-electron chi connectivity index (χ3n) is 10.1. The number of aromatic nitrogens is 2. The molecule has 10 nitrogen and oxygen atoms in total. The number of carboxylic acids is 2. The van der Waals surface area contributed by atoms with E-state index in [1.54, 1.807) is 0 Å². The summed E-state index contributed by atoms with van der Waals surface area (Å²) in [6, 6.07) is 0.114. The zero-order valence-corrected chi connectivity index (χ0v) is 27.9. The predicted octanol–water partition coefficient (Wildman–Crippen LogP) is 4.59. The van der Waals surface area contributed by atoms with E-state index in [9.17, 15) is 24.6 Å². The molecule has 2 aromatic heterocycles. The summed E-state index contributed by atoms with van der Waals surface area (Å²) >= 11 is 4.65. The predicted molar refractivity (Wildman–Crippen MR) is 175 cm³/mol. The van der Waals surface area contributed by atoms with Gasteiger partial charge in [0.25, 0.3) is 0 Å². The smallest absolute Gasteiger partial charge is 0.303 e. The molecule has 0 aliphatic carbocycles. The minimum Gasteiger partial charge on any atom is -0.481 e. The highest BCUT2D eigenvalue weighted by atomic mass is 32.1. The number of allylic oxidation sites excluding steroid dienone is 1. The Labute approximate surface area is 269 Å². The van der Waals surface area contributed by atoms with E-state index in [0.717, 1.165) is 63.6 Å². The molecular weight excluding hydrogens is 592 g/mol. The number of H-pyrrole nitrogens is 2. The van der Waals surface area contributed by atoms with Gasteiger partial charge >= 0.3 is 11.9 Å². The lowest BCUT2D eigenvalue weighted by Gasteiger charge is -2.17. The van der Waals surface area contributed by atoms with Crippen molar-refractivity contribution in [3.63, 3.8) is 0 Å². The number of carbonyl (C=O) groups is 3. The van der Waals surface area contributed by atoms with Gasteiger partial charge in [-0.05, 0) is 73.9 Å². The molecule has 2 fully saturated rings. The molecule has 1 amide bonds. The van der Waals surface area contributed by atoms with Crippen LogP contribution < -0.4 is 10.6 Å². The second-order valence-electron chi connectivity index (χ2n) is 12.9. The molecule has 11 heteroatoms. The number of aliphatic carboxylic acids is 2. The standard InChI is InChI=1S/C34H46N4O6S/c1-7-23-18(4)26(38-34(23)15-44-34)12-24-16(2)21(8-10-30(39)40)27(35-24)14-28-22(9-11-31(41)42)17(3)25(36-28)13-29-32(20(6)45)19(5)33(43)37-29/h13,19-20,26,32,35-36,38,45H,7-12,14-15H2,1-6H3,(H,37,43)(H,39,40)(H,41,42)/b29-13-/t19-,20-,26?,32+,34+/m1/s1. The lowest BCUT2D eigenvalue weighted by atomic mass is 9.91. The molecule has 5 rings (SSSR count). The van der Waals surface area contributed by atoms with E-state index in [4.69, 9.17) is 4.74 Å². The quantitative estimate of drug-likeness (QED) is 0.0960. The third kappa shape index (κ3) is 6.53. The van der Waals surface area contributed by atoms with E-state index in [1.165, 1.54) is 11.1 Å². The minimum absolute atomic E-state index is 0.0107. The summed E-state index contributed by atoms with van der Waals surface area (Å²) in [5, 5.41) is 25.7. The highest BCUT2D eigenvalue weighted by molar-refractivity contribution is 7.80. The maximum atomic E-state index is 12.5. The molecule has 45 heavy (non-hydrogen) atoms. The molecule has 2 saturated heterocycles. The molecule has 6 N–H and O–H groups in total. The van der Waals surface area contributed by atoms with Crippen molar-refractivity contribution in [2.45, 2.75) is 104 Å². The van der Waals surface area contributed by atoms with Crippen molar-refractivity contribution >= 4 is 36.6 Å². The molecule has 5 heterocycles. The van der Waals surface area contributed by atoms with E-state index in [1.807, 2.05) is 26.8 Å². The van der Waals surface area contributed by atoms with Gasteiger partial charge in [0.2, 0.25) is 5.91 Å². The fraction of sp³-hybridized carbons (Fsp3) is 0.559. The SMILES string of the molecule is CCC1=C(C)C(Cc2[nH]c(Cc3[nH]c(/C=C4\NC(=O)[C@H](C)[C@H]4[C@@H](C)S)c(C)c3CCC(=O)O)c(CCC(=O)O)c2C)N[C@]12CO2. The molecule has 5 atom stereocenters. The number of hydrogen-bond acceptors (Lipinski definition) is 6. The largest absolute Gasteiger partial charge is 0.481 e. The Morgan fingerprint density at radius 2 is 1.64 bits per heavy atom. The third-order valence-corrected chi connectivity index (χ3v) is 10.4. The average Bonchev–Trinajstić information content (AvgIpc) is 3.37. The van der Waals surface area contributed by atoms with Gasteiger partial charge in [0, 0.05) is 77.3 Å². The van der Waals surface area contributed by atoms with Gasteiger partial charge in [-0.1, -0.05) is 26.3 Å². The topological polar surface area (TPSA) is 160 Å². The van der Waals surface area contributed by atoms with Crippen molar-refractivity contribution in [1.29, 1.82) is 0 Å². The van der Waals surface area contributed by atoms with E-state index in [-0.39, 0.29) is 47.6 Å². The molecule has 0 aromatic carbocycles. The summed E-state index contributed by atoms with van der Waals surface area (Å²) in [6.07, 6.45) is 4.80. The van der Waals surface area contributed by atoms with Gasteiger partial charge in [-0.3, -0.25) is 19.7 Å². The Hall–Kier alpha value is -3.28. The van der Waals surface area contributed by atoms with Gasteiger partial charge in [0.15, 0.2) is 5.72 Å². The highest BCUT2D eigenvalue weighted by Gasteiger charge is 2.54. The second-order valence-corrected chi connectivity index (χ2v) is 13.8. The van der Waals surface area contributed by atoms with Crippen molar-refractivity contribution in [3.8, 4) is 0 Å². The number of epoxide rings is 1. The number of carbonyl (C=O) groups excluding carboxylic acids is 1. The van der Waals surface area contributed by atoms with Crippen LogP contribution in [0.5, 0.6) is 0 Å². The van der Waals surface area contributed by atoms with Crippen LogP contribution in [0.4, 0.5) is 0 Å². The Balaban J connectivity index is 1.51. The number of thiol groups is 1. The lowest BCUT2D eigenvalue weighted by molar-refractivity contribution is -0.138. The molecular formula is C34H46N4O6S. The first kappa shape index (κ1) is 33.1. The number of amides is 1. The molecule has 3 aliphatic heterocycles. The van der Waals surface area contributed by atoms with Crippen LogP contribution in [0.2, 0.25) is 0 Å². The van der Waals surface area contributed by atoms with E-state index in [0.29, 0.717) is 25.9 Å². The second kappa shape index (κ2) is 12.8. The summed E-state index contributed by atoms with van der Waals surface area (Å²) in [7, 11) is 0. The highest BCUT2D eigenvalue weighted by Crippen LogP contribution is 2.43. The summed E-state index contributed by atoms with van der Waals surface area (Å²) in [5.41, 5.74) is 10.7. The van der Waals surface area contributed by atoms with Gasteiger partial charge in [-0.25, -0.2) is 0 Å². The maximum Gasteiger partial charge on any atom is 0.303 e. The van der Waals surface area contributed by atoms with Crippen molar-refractivity contribution in [3.05, 3.63) is 61.9 Å². The number of hydrogen-bond donors (Lipinski definition) is 7. The minimum atomic E-state index is -0.876. The molecule has 0 radical (unpaired) electrons. The number of rotatable bonds is 13. The molecule has 0 saturated carbocycles. The monoisotopic (exact) mass is 638 g/mol. The van der Waals surface area contributed by atoms with Crippen LogP contribution in [-0.2, 0) is 44.8 Å². The van der Waals surface area contributed by atoms with Crippen molar-refractivity contribution in [1.82, 2.24) is 20.6 Å². The molecule has 1 unspecified atom stereocenters. The summed E-state index contributed by atoms with van der Waals surface area (Å²) < 4.78 is 5.82. The molecule has 244 valence electrons. The van der Waals surface area contributed by atoms with Crippen molar-refractivity contribution in [2.75, 3.05) is 6.61 Å². The fourth-order valence-electron chi connectivity index (χ4n) is 7.49. The summed E-state index contributed by atoms with van der Waals surface area (Å²) in [6.45, 7) is 12.9. The number of ether oxygens (including phenoxy) is 1. The van der Waals surface area contributed by atoms with E-state index < -0.39 is 11.9 Å². The van der Waals surface area contributed by atoms with E-state index >= 15 is 0 Å². The summed E-state index contributed by atoms with van der Waals surface area (Å²) in [5.74, 6) is -2.04. The first-order valence-corrected chi connectivity index (χ1v) is 16.4. The van der Waals surface area contributed by atoms with Crippen molar-refractivity contribution < 1.29 is 29.3 Å². The van der Waals surface area contributed by atoms with Gasteiger partial charge in [0.1, 0.15) is 0 Å². The first-order chi connectivity index (χ1) is 21.3. The Morgan fingerprint density at radius 1 is 1.04 bits per heavy atom. The van der Waals surface area contributed by atoms with Crippen LogP contribution in [0.25, 0.3) is 6.08 Å². The van der Waals surface area contributed by atoms with Crippen LogP contribution in [0.3, 0.4) is 0 Å². The van der Waals surface area contributed by atoms with Crippen LogP contribution in [0.1, 0.15) is 92.0 Å². The fourth-order valence-corrected chi connectivity index (χ4v) is 7.91. The number of carboxylic acid groups (broad SMARTS) is 2. The van der Waals surface area contributed by atoms with Crippen LogP contribution in [-0.4, -0.2) is 61.7 Å². The van der Waals surface area contributed by atoms with Gasteiger partial charge in [-0.2, -0.15) is 12.6 Å². The number of nitrogens with one attached hydrogen (secondary N) is 4. The normalized spacial score (nSPS) is 25.9. The molecule has 2 aromatic rings. The molecule has 3 aliphatic rings. The Morgan fingerprint density at radius 3 is 2.18 bits per heavy atom. The maximum absolute atomic E-state index is 12.5. The average molecular weight is 639 g/mol. The first-order valence-electron chi connectivity index (χ1n) is 15.9. The Bertz CT molecular complexity index is 1580. The van der Waals surface area contributed by atoms with Crippen molar-refractivity contribution in [2.24, 2.45) is 11.8 Å². The zero-order chi connectivity index (χ0) is 32.8. The van der Waals surface area contributed by atoms with Crippen LogP contribution in [0.15, 0.2) is 16.8 Å².